The van der Waals surface area contributed by atoms with Crippen molar-refractivity contribution in [3.8, 4) is 0 Å². The van der Waals surface area contributed by atoms with Crippen LogP contribution in [0.5, 0.6) is 0 Å². The number of hydrogen-bond donors (Lipinski definition) is 0. The molecule has 116 valence electrons. The largest absolute Gasteiger partial charge is 0.289 e. The van der Waals surface area contributed by atoms with Gasteiger partial charge in [0.2, 0.25) is 0 Å². The maximum atomic E-state index is 12.7. The number of carbonyl (C=O) groups excluding carboxylic acids is 1. The molecule has 1 saturated heterocycles. The normalized spacial score (nSPS) is 18.6. The molecular formula is C19H14Br2OS. The van der Waals surface area contributed by atoms with E-state index in [1.807, 2.05) is 60.7 Å². The Morgan fingerprint density at radius 1 is 0.739 bits per heavy atom. The van der Waals surface area contributed by atoms with E-state index in [9.17, 15) is 4.79 Å². The summed E-state index contributed by atoms with van der Waals surface area (Å²) >= 11 is 8.64. The topological polar surface area (TPSA) is 17.1 Å². The lowest BCUT2D eigenvalue weighted by Gasteiger charge is -2.16. The molecule has 0 atom stereocenters. The molecule has 1 nitrogen and oxygen atoms in total. The highest BCUT2D eigenvalue weighted by Crippen LogP contribution is 2.27. The van der Waals surface area contributed by atoms with Crippen molar-refractivity contribution in [3.63, 3.8) is 0 Å². The van der Waals surface area contributed by atoms with Crippen molar-refractivity contribution in [3.05, 3.63) is 79.7 Å². The van der Waals surface area contributed by atoms with Crippen LogP contribution in [-0.2, 0) is 4.79 Å². The third kappa shape index (κ3) is 4.46. The molecule has 0 radical (unpaired) electrons. The molecule has 23 heavy (non-hydrogen) atoms. The van der Waals surface area contributed by atoms with Gasteiger partial charge in [0.15, 0.2) is 5.78 Å². The Hall–Kier alpha value is -1.10. The number of ketones is 1. The van der Waals surface area contributed by atoms with Crippen LogP contribution < -0.4 is 0 Å². The molecule has 1 fully saturated rings. The molecule has 0 bridgehead atoms. The lowest BCUT2D eigenvalue weighted by molar-refractivity contribution is -0.112. The van der Waals surface area contributed by atoms with Gasteiger partial charge in [0, 0.05) is 31.6 Å². The van der Waals surface area contributed by atoms with Gasteiger partial charge in [-0.3, -0.25) is 4.79 Å². The Morgan fingerprint density at radius 2 is 1.13 bits per heavy atom. The molecular weight excluding hydrogens is 436 g/mol. The van der Waals surface area contributed by atoms with E-state index in [-0.39, 0.29) is 5.78 Å². The fraction of sp³-hybridized carbons (Fsp3) is 0.105. The minimum atomic E-state index is 0.162. The van der Waals surface area contributed by atoms with Gasteiger partial charge in [-0.25, -0.2) is 0 Å². The minimum absolute atomic E-state index is 0.162. The number of carbonyl (C=O) groups is 1. The first kappa shape index (κ1) is 16.7. The van der Waals surface area contributed by atoms with Crippen molar-refractivity contribution < 1.29 is 4.79 Å². The maximum Gasteiger partial charge on any atom is 0.186 e. The highest BCUT2D eigenvalue weighted by molar-refractivity contribution is 9.10. The van der Waals surface area contributed by atoms with Crippen molar-refractivity contribution in [1.29, 1.82) is 0 Å². The second kappa shape index (κ2) is 7.65. The van der Waals surface area contributed by atoms with Crippen molar-refractivity contribution in [2.75, 3.05) is 11.5 Å². The second-order valence-electron chi connectivity index (χ2n) is 5.26. The predicted octanol–water partition coefficient (Wildman–Crippen LogP) is 5.99. The van der Waals surface area contributed by atoms with Crippen LogP contribution >= 0.6 is 43.6 Å². The van der Waals surface area contributed by atoms with E-state index in [1.165, 1.54) is 0 Å². The standard InChI is InChI=1S/C19H14Br2OS/c20-17-5-1-13(2-6-17)9-15-11-23-12-16(19(15)22)10-14-3-7-18(21)8-4-14/h1-10H,11-12H2/b15-9-,16-10+. The molecule has 0 amide bonds. The highest BCUT2D eigenvalue weighted by atomic mass is 79.9. The molecule has 0 saturated carbocycles. The number of hydrogen-bond acceptors (Lipinski definition) is 2. The Morgan fingerprint density at radius 3 is 1.52 bits per heavy atom. The Bertz CT molecular complexity index is 709. The second-order valence-corrected chi connectivity index (χ2v) is 8.08. The van der Waals surface area contributed by atoms with Crippen molar-refractivity contribution >= 4 is 61.6 Å². The lowest BCUT2D eigenvalue weighted by atomic mass is 10.0. The molecule has 0 aliphatic carbocycles. The van der Waals surface area contributed by atoms with Crippen LogP contribution in [0.2, 0.25) is 0 Å². The Labute approximate surface area is 157 Å². The van der Waals surface area contributed by atoms with Crippen LogP contribution in [0, 0.1) is 0 Å². The molecule has 0 unspecified atom stereocenters. The van der Waals surface area contributed by atoms with Crippen molar-refractivity contribution in [1.82, 2.24) is 0 Å². The van der Waals surface area contributed by atoms with Crippen LogP contribution in [-0.4, -0.2) is 17.3 Å². The number of rotatable bonds is 2. The first-order valence-electron chi connectivity index (χ1n) is 7.16. The van der Waals surface area contributed by atoms with Gasteiger partial charge >= 0.3 is 0 Å². The fourth-order valence-electron chi connectivity index (χ4n) is 2.34. The van der Waals surface area contributed by atoms with E-state index in [0.29, 0.717) is 0 Å². The summed E-state index contributed by atoms with van der Waals surface area (Å²) in [5.74, 6) is 1.70. The van der Waals surface area contributed by atoms with E-state index >= 15 is 0 Å². The van der Waals surface area contributed by atoms with E-state index in [0.717, 1.165) is 42.7 Å². The zero-order chi connectivity index (χ0) is 16.2. The third-order valence-corrected chi connectivity index (χ3v) is 5.61. The molecule has 4 heteroatoms. The van der Waals surface area contributed by atoms with E-state index in [4.69, 9.17) is 0 Å². The summed E-state index contributed by atoms with van der Waals surface area (Å²) in [4.78, 5) is 12.7. The summed E-state index contributed by atoms with van der Waals surface area (Å²) in [5.41, 5.74) is 3.85. The van der Waals surface area contributed by atoms with Gasteiger partial charge in [-0.2, -0.15) is 11.8 Å². The fourth-order valence-corrected chi connectivity index (χ4v) is 3.84. The summed E-state index contributed by atoms with van der Waals surface area (Å²) in [6.07, 6.45) is 3.99. The van der Waals surface area contributed by atoms with Crippen LogP contribution in [0.1, 0.15) is 11.1 Å². The Balaban J connectivity index is 1.86. The molecule has 1 heterocycles. The summed E-state index contributed by atoms with van der Waals surface area (Å²) in [7, 11) is 0. The maximum absolute atomic E-state index is 12.7. The van der Waals surface area contributed by atoms with Gasteiger partial charge in [-0.15, -0.1) is 0 Å². The van der Waals surface area contributed by atoms with Crippen molar-refractivity contribution in [2.24, 2.45) is 0 Å². The SMILES string of the molecule is O=C1/C(=C/c2ccc(Br)cc2)CSC/C1=C/c1ccc(Br)cc1. The first-order valence-corrected chi connectivity index (χ1v) is 9.90. The summed E-state index contributed by atoms with van der Waals surface area (Å²) in [5, 5.41) is 0. The van der Waals surface area contributed by atoms with Gasteiger partial charge in [0.25, 0.3) is 0 Å². The number of halogens is 2. The van der Waals surface area contributed by atoms with Gasteiger partial charge in [-0.1, -0.05) is 56.1 Å². The summed E-state index contributed by atoms with van der Waals surface area (Å²) in [6, 6.07) is 16.0. The first-order chi connectivity index (χ1) is 11.1. The van der Waals surface area contributed by atoms with Crippen molar-refractivity contribution in [2.45, 2.75) is 0 Å². The van der Waals surface area contributed by atoms with Gasteiger partial charge < -0.3 is 0 Å². The average molecular weight is 450 g/mol. The number of Topliss-reactive ketones (excluding diaryl/α,β-unsaturated/α-hetero) is 1. The van der Waals surface area contributed by atoms with E-state index in [1.54, 1.807) is 11.8 Å². The summed E-state index contributed by atoms with van der Waals surface area (Å²) in [6.45, 7) is 0. The molecule has 1 aliphatic rings. The monoisotopic (exact) mass is 448 g/mol. The summed E-state index contributed by atoms with van der Waals surface area (Å²) < 4.78 is 2.08. The van der Waals surface area contributed by atoms with Gasteiger partial charge in [-0.05, 0) is 47.5 Å². The van der Waals surface area contributed by atoms with E-state index in [2.05, 4.69) is 31.9 Å². The molecule has 0 spiro atoms. The Kier molecular flexibility index (Phi) is 5.57. The number of thioether (sulfide) groups is 1. The quantitative estimate of drug-likeness (QED) is 0.523. The lowest BCUT2D eigenvalue weighted by Crippen LogP contribution is -2.16. The molecule has 0 aromatic heterocycles. The van der Waals surface area contributed by atoms with E-state index < -0.39 is 0 Å². The van der Waals surface area contributed by atoms with Crippen LogP contribution in [0.25, 0.3) is 12.2 Å². The van der Waals surface area contributed by atoms with Crippen LogP contribution in [0.4, 0.5) is 0 Å². The molecule has 3 rings (SSSR count). The molecule has 2 aromatic carbocycles. The zero-order valence-electron chi connectivity index (χ0n) is 12.3. The van der Waals surface area contributed by atoms with Gasteiger partial charge in [0.05, 0.1) is 0 Å². The number of benzene rings is 2. The average Bonchev–Trinajstić information content (AvgIpc) is 2.55. The smallest absolute Gasteiger partial charge is 0.186 e. The van der Waals surface area contributed by atoms with Crippen LogP contribution in [0.15, 0.2) is 68.6 Å². The third-order valence-electron chi connectivity index (χ3n) is 3.52. The zero-order valence-corrected chi connectivity index (χ0v) is 16.2. The molecule has 2 aromatic rings. The molecule has 1 aliphatic heterocycles. The van der Waals surface area contributed by atoms with Gasteiger partial charge in [0.1, 0.15) is 0 Å². The highest BCUT2D eigenvalue weighted by Gasteiger charge is 2.20. The van der Waals surface area contributed by atoms with Crippen LogP contribution in [0.3, 0.4) is 0 Å². The molecule has 0 N–H and O–H groups in total. The minimum Gasteiger partial charge on any atom is -0.289 e. The predicted molar refractivity (Wildman–Crippen MR) is 107 cm³/mol.